The zero-order valence-corrected chi connectivity index (χ0v) is 17.0. The predicted octanol–water partition coefficient (Wildman–Crippen LogP) is 3.79. The van der Waals surface area contributed by atoms with E-state index in [0.29, 0.717) is 23.8 Å². The average Bonchev–Trinajstić information content (AvgIpc) is 2.81. The van der Waals surface area contributed by atoms with Crippen LogP contribution < -0.4 is 14.2 Å². The highest BCUT2D eigenvalue weighted by Gasteiger charge is 2.65. The van der Waals surface area contributed by atoms with Crippen molar-refractivity contribution in [2.75, 3.05) is 20.8 Å². The normalized spacial score (nSPS) is 21.9. The number of carbonyl (C=O) groups is 1. The van der Waals surface area contributed by atoms with E-state index in [1.54, 1.807) is 32.4 Å². The van der Waals surface area contributed by atoms with Crippen molar-refractivity contribution >= 4 is 5.91 Å². The van der Waals surface area contributed by atoms with Gasteiger partial charge in [0, 0.05) is 24.7 Å². The van der Waals surface area contributed by atoms with Gasteiger partial charge in [-0.05, 0) is 23.1 Å². The highest BCUT2D eigenvalue weighted by Crippen LogP contribution is 2.52. The zero-order valence-electron chi connectivity index (χ0n) is 17.0. The lowest BCUT2D eigenvalue weighted by molar-refractivity contribution is -0.178. The summed E-state index contributed by atoms with van der Waals surface area (Å²) in [6.45, 7) is 0.673. The molecule has 1 saturated heterocycles. The van der Waals surface area contributed by atoms with Crippen molar-refractivity contribution < 1.29 is 19.0 Å². The smallest absolute Gasteiger partial charge is 0.268 e. The molecule has 0 spiro atoms. The predicted molar refractivity (Wildman–Crippen MR) is 113 cm³/mol. The van der Waals surface area contributed by atoms with Crippen LogP contribution in [-0.2, 0) is 16.8 Å². The van der Waals surface area contributed by atoms with Gasteiger partial charge in [0.25, 0.3) is 5.91 Å². The van der Waals surface area contributed by atoms with Gasteiger partial charge in [-0.3, -0.25) is 4.79 Å². The van der Waals surface area contributed by atoms with Crippen LogP contribution in [0.15, 0.2) is 72.8 Å². The molecule has 0 bridgehead atoms. The number of β-lactam (4-membered cyclic amide) rings is 1. The summed E-state index contributed by atoms with van der Waals surface area (Å²) in [7, 11) is 3.19. The molecule has 0 saturated carbocycles. The van der Waals surface area contributed by atoms with Crippen molar-refractivity contribution in [2.24, 2.45) is 0 Å². The first-order valence-corrected chi connectivity index (χ1v) is 10.0. The van der Waals surface area contributed by atoms with Gasteiger partial charge in [0.1, 0.15) is 22.8 Å². The molecule has 1 amide bonds. The summed E-state index contributed by atoms with van der Waals surface area (Å²) in [4.78, 5) is 15.2. The number of ether oxygens (including phenoxy) is 3. The van der Waals surface area contributed by atoms with Gasteiger partial charge in [0.15, 0.2) is 0 Å². The molecule has 2 aliphatic rings. The maximum Gasteiger partial charge on any atom is 0.268 e. The molecule has 5 nitrogen and oxygen atoms in total. The summed E-state index contributed by atoms with van der Waals surface area (Å²) in [5, 5.41) is 0. The van der Waals surface area contributed by atoms with E-state index < -0.39 is 11.6 Å². The van der Waals surface area contributed by atoms with Crippen LogP contribution in [0.1, 0.15) is 16.7 Å². The van der Waals surface area contributed by atoms with Crippen LogP contribution in [-0.4, -0.2) is 37.7 Å². The summed E-state index contributed by atoms with van der Waals surface area (Å²) in [6, 6.07) is 23.8. The molecule has 30 heavy (non-hydrogen) atoms. The molecule has 0 N–H and O–H groups in total. The molecule has 0 aromatic heterocycles. The second-order valence-corrected chi connectivity index (χ2v) is 7.58. The Morgan fingerprint density at radius 2 is 1.50 bits per heavy atom. The third kappa shape index (κ3) is 2.58. The molecule has 152 valence electrons. The minimum atomic E-state index is -0.668. The fourth-order valence-corrected chi connectivity index (χ4v) is 4.76. The summed E-state index contributed by atoms with van der Waals surface area (Å²) >= 11 is 0. The van der Waals surface area contributed by atoms with Crippen LogP contribution in [0, 0.1) is 0 Å². The molecule has 2 heterocycles. The van der Waals surface area contributed by atoms with E-state index in [4.69, 9.17) is 14.2 Å². The van der Waals surface area contributed by atoms with E-state index >= 15 is 0 Å². The molecule has 1 fully saturated rings. The Kier molecular flexibility index (Phi) is 4.39. The molecule has 5 heteroatoms. The number of carbonyl (C=O) groups excluding carboxylic acids is 1. The van der Waals surface area contributed by atoms with E-state index in [9.17, 15) is 4.79 Å². The van der Waals surface area contributed by atoms with Crippen LogP contribution in [0.2, 0.25) is 0 Å². The SMILES string of the molecule is COc1cc(OC)cc(O[C@@H]2C(=O)N3CCc4ccccc4[C@@]23c2ccccc2)c1. The van der Waals surface area contributed by atoms with E-state index in [-0.39, 0.29) is 5.91 Å². The molecule has 3 aromatic carbocycles. The summed E-state index contributed by atoms with van der Waals surface area (Å²) < 4.78 is 17.1. The van der Waals surface area contributed by atoms with Crippen molar-refractivity contribution in [3.8, 4) is 17.2 Å². The first-order chi connectivity index (χ1) is 14.7. The summed E-state index contributed by atoms with van der Waals surface area (Å²) in [5.74, 6) is 1.77. The van der Waals surface area contributed by atoms with Crippen LogP contribution in [0.5, 0.6) is 17.2 Å². The Balaban J connectivity index is 1.65. The van der Waals surface area contributed by atoms with Crippen molar-refractivity contribution in [3.05, 3.63) is 89.5 Å². The lowest BCUT2D eigenvalue weighted by Gasteiger charge is -2.59. The number of hydrogen-bond donors (Lipinski definition) is 0. The lowest BCUT2D eigenvalue weighted by Crippen LogP contribution is -2.76. The fraction of sp³-hybridized carbons (Fsp3) is 0.240. The molecule has 0 radical (unpaired) electrons. The monoisotopic (exact) mass is 401 g/mol. The van der Waals surface area contributed by atoms with Gasteiger partial charge < -0.3 is 19.1 Å². The maximum absolute atomic E-state index is 13.2. The number of amides is 1. The van der Waals surface area contributed by atoms with Gasteiger partial charge in [-0.25, -0.2) is 0 Å². The first kappa shape index (κ1) is 18.6. The van der Waals surface area contributed by atoms with E-state index in [2.05, 4.69) is 30.3 Å². The second-order valence-electron chi connectivity index (χ2n) is 7.58. The third-order valence-corrected chi connectivity index (χ3v) is 6.12. The molecular formula is C25H23NO4. The Morgan fingerprint density at radius 3 is 2.20 bits per heavy atom. The number of fused-ring (bicyclic) bond motifs is 3. The van der Waals surface area contributed by atoms with Crippen LogP contribution in [0.4, 0.5) is 0 Å². The molecule has 0 aliphatic carbocycles. The number of rotatable bonds is 5. The summed E-state index contributed by atoms with van der Waals surface area (Å²) in [6.07, 6.45) is 0.175. The molecule has 5 rings (SSSR count). The highest BCUT2D eigenvalue weighted by molar-refractivity contribution is 5.94. The maximum atomic E-state index is 13.2. The van der Waals surface area contributed by atoms with Gasteiger partial charge in [-0.15, -0.1) is 0 Å². The number of methoxy groups -OCH3 is 2. The Morgan fingerprint density at radius 1 is 0.867 bits per heavy atom. The van der Waals surface area contributed by atoms with E-state index in [1.165, 1.54) is 5.56 Å². The topological polar surface area (TPSA) is 48.0 Å². The number of benzene rings is 3. The molecule has 2 atom stereocenters. The van der Waals surface area contributed by atoms with Crippen molar-refractivity contribution in [3.63, 3.8) is 0 Å². The molecule has 0 unspecified atom stereocenters. The highest BCUT2D eigenvalue weighted by atomic mass is 16.5. The Hall–Kier alpha value is -3.47. The van der Waals surface area contributed by atoms with Gasteiger partial charge in [0.2, 0.25) is 6.10 Å². The third-order valence-electron chi connectivity index (χ3n) is 6.12. The minimum Gasteiger partial charge on any atom is -0.496 e. The number of nitrogens with zero attached hydrogens (tertiary/aromatic N) is 1. The van der Waals surface area contributed by atoms with Crippen LogP contribution in [0.25, 0.3) is 0 Å². The van der Waals surface area contributed by atoms with Crippen LogP contribution >= 0.6 is 0 Å². The Labute approximate surface area is 175 Å². The first-order valence-electron chi connectivity index (χ1n) is 10.0. The lowest BCUT2D eigenvalue weighted by atomic mass is 9.66. The standard InChI is InChI=1S/C25H23NO4/c1-28-19-14-20(29-2)16-21(15-19)30-23-24(27)26-13-12-17-8-6-7-11-22(17)25(23,26)18-9-4-3-5-10-18/h3-11,14-16,23H,12-13H2,1-2H3/t23-,25+/m1/s1. The van der Waals surface area contributed by atoms with E-state index in [0.717, 1.165) is 17.5 Å². The molecule has 2 aliphatic heterocycles. The van der Waals surface area contributed by atoms with Gasteiger partial charge >= 0.3 is 0 Å². The van der Waals surface area contributed by atoms with E-state index in [1.807, 2.05) is 29.2 Å². The van der Waals surface area contributed by atoms with Gasteiger partial charge in [0.05, 0.1) is 14.2 Å². The van der Waals surface area contributed by atoms with Crippen molar-refractivity contribution in [1.29, 1.82) is 0 Å². The van der Waals surface area contributed by atoms with Crippen molar-refractivity contribution in [2.45, 2.75) is 18.1 Å². The second kappa shape index (κ2) is 7.10. The minimum absolute atomic E-state index is 0.00450. The van der Waals surface area contributed by atoms with Gasteiger partial charge in [-0.2, -0.15) is 0 Å². The largest absolute Gasteiger partial charge is 0.496 e. The quantitative estimate of drug-likeness (QED) is 0.611. The molecular weight excluding hydrogens is 378 g/mol. The Bertz CT molecular complexity index is 1080. The van der Waals surface area contributed by atoms with Crippen LogP contribution in [0.3, 0.4) is 0 Å². The fourth-order valence-electron chi connectivity index (χ4n) is 4.76. The number of hydrogen-bond acceptors (Lipinski definition) is 4. The zero-order chi connectivity index (χ0) is 20.7. The average molecular weight is 401 g/mol. The molecule has 3 aromatic rings. The van der Waals surface area contributed by atoms with Crippen molar-refractivity contribution in [1.82, 2.24) is 4.90 Å². The summed E-state index contributed by atoms with van der Waals surface area (Å²) in [5.41, 5.74) is 2.78. The van der Waals surface area contributed by atoms with Gasteiger partial charge in [-0.1, -0.05) is 54.6 Å².